The zero-order valence-electron chi connectivity index (χ0n) is 17.6. The average molecular weight is 447 g/mol. The lowest BCUT2D eigenvalue weighted by molar-refractivity contribution is 0.0956. The third kappa shape index (κ3) is 6.25. The van der Waals surface area contributed by atoms with Gasteiger partial charge in [-0.2, -0.15) is 11.8 Å². The minimum atomic E-state index is -3.79. The first-order chi connectivity index (χ1) is 14.3. The van der Waals surface area contributed by atoms with Gasteiger partial charge < -0.3 is 5.32 Å². The molecule has 5 nitrogen and oxygen atoms in total. The molecule has 0 unspecified atom stereocenters. The Morgan fingerprint density at radius 2 is 1.83 bits per heavy atom. The highest BCUT2D eigenvalue weighted by Gasteiger charge is 2.20. The van der Waals surface area contributed by atoms with Crippen LogP contribution in [0.4, 0.5) is 5.69 Å². The van der Waals surface area contributed by atoms with Crippen LogP contribution in [0.3, 0.4) is 0 Å². The van der Waals surface area contributed by atoms with Crippen molar-refractivity contribution in [3.05, 3.63) is 59.2 Å². The molecule has 0 atom stereocenters. The molecule has 0 radical (unpaired) electrons. The number of carbonyl (C=O) groups is 1. The van der Waals surface area contributed by atoms with Crippen LogP contribution in [-0.4, -0.2) is 31.9 Å². The molecule has 1 aliphatic carbocycles. The average Bonchev–Trinajstić information content (AvgIpc) is 2.71. The van der Waals surface area contributed by atoms with Crippen molar-refractivity contribution >= 4 is 33.4 Å². The van der Waals surface area contributed by atoms with Gasteiger partial charge in [-0.1, -0.05) is 37.5 Å². The summed E-state index contributed by atoms with van der Waals surface area (Å²) in [4.78, 5) is 12.7. The predicted molar refractivity (Wildman–Crippen MR) is 125 cm³/mol. The first-order valence-electron chi connectivity index (χ1n) is 10.4. The van der Waals surface area contributed by atoms with Crippen molar-refractivity contribution in [1.82, 2.24) is 5.32 Å². The molecule has 30 heavy (non-hydrogen) atoms. The van der Waals surface area contributed by atoms with Gasteiger partial charge >= 0.3 is 0 Å². The van der Waals surface area contributed by atoms with Crippen LogP contribution in [-0.2, 0) is 10.0 Å². The van der Waals surface area contributed by atoms with Gasteiger partial charge in [-0.05, 0) is 62.1 Å². The van der Waals surface area contributed by atoms with Crippen molar-refractivity contribution in [2.75, 3.05) is 17.0 Å². The van der Waals surface area contributed by atoms with Gasteiger partial charge in [-0.25, -0.2) is 8.42 Å². The maximum Gasteiger partial charge on any atom is 0.262 e. The van der Waals surface area contributed by atoms with Crippen LogP contribution in [0.2, 0.25) is 0 Å². The van der Waals surface area contributed by atoms with E-state index in [0.717, 1.165) is 11.3 Å². The summed E-state index contributed by atoms with van der Waals surface area (Å²) >= 11 is 1.93. The number of hydrogen-bond donors (Lipinski definition) is 2. The number of rotatable bonds is 8. The second kappa shape index (κ2) is 10.4. The zero-order valence-corrected chi connectivity index (χ0v) is 19.2. The summed E-state index contributed by atoms with van der Waals surface area (Å²) in [6.07, 6.45) is 6.49. The molecule has 7 heteroatoms. The Labute approximate surface area is 184 Å². The third-order valence-electron chi connectivity index (χ3n) is 5.30. The maximum absolute atomic E-state index is 12.9. The van der Waals surface area contributed by atoms with Gasteiger partial charge in [0.2, 0.25) is 0 Å². The molecular formula is C23H30N2O3S2. The standard InChI is InChI=1S/C23H30N2O3S2/c1-17-7-6-8-20(15-17)25-30(27,28)22-16-19(12-11-18(22)2)23(26)24-13-14-29-21-9-4-3-5-10-21/h6-8,11-12,15-16,21,25H,3-5,9-10,13-14H2,1-2H3,(H,24,26). The van der Waals surface area contributed by atoms with Crippen molar-refractivity contribution in [2.45, 2.75) is 56.1 Å². The Balaban J connectivity index is 1.62. The number of benzene rings is 2. The van der Waals surface area contributed by atoms with E-state index in [0.29, 0.717) is 28.6 Å². The van der Waals surface area contributed by atoms with Gasteiger partial charge in [0.1, 0.15) is 0 Å². The van der Waals surface area contributed by atoms with Gasteiger partial charge in [0, 0.05) is 28.8 Å². The fourth-order valence-electron chi connectivity index (χ4n) is 3.67. The summed E-state index contributed by atoms with van der Waals surface area (Å²) in [6, 6.07) is 12.0. The molecule has 1 aliphatic rings. The van der Waals surface area contributed by atoms with Crippen LogP contribution in [0, 0.1) is 13.8 Å². The minimum Gasteiger partial charge on any atom is -0.351 e. The first-order valence-corrected chi connectivity index (χ1v) is 13.0. The SMILES string of the molecule is Cc1cccc(NS(=O)(=O)c2cc(C(=O)NCCSC3CCCCC3)ccc2C)c1. The van der Waals surface area contributed by atoms with Gasteiger partial charge in [-0.15, -0.1) is 0 Å². The quantitative estimate of drug-likeness (QED) is 0.566. The lowest BCUT2D eigenvalue weighted by Gasteiger charge is -2.20. The molecule has 0 spiro atoms. The smallest absolute Gasteiger partial charge is 0.262 e. The highest BCUT2D eigenvalue weighted by atomic mass is 32.2. The Hall–Kier alpha value is -1.99. The van der Waals surface area contributed by atoms with Crippen LogP contribution in [0.15, 0.2) is 47.4 Å². The van der Waals surface area contributed by atoms with Crippen molar-refractivity contribution in [3.63, 3.8) is 0 Å². The van der Waals surface area contributed by atoms with E-state index in [1.807, 2.05) is 24.8 Å². The van der Waals surface area contributed by atoms with Crippen molar-refractivity contribution in [3.8, 4) is 0 Å². The van der Waals surface area contributed by atoms with Crippen LogP contribution in [0.1, 0.15) is 53.6 Å². The molecule has 0 heterocycles. The number of aryl methyl sites for hydroxylation is 2. The van der Waals surface area contributed by atoms with E-state index in [2.05, 4.69) is 10.0 Å². The van der Waals surface area contributed by atoms with E-state index in [-0.39, 0.29) is 10.8 Å². The van der Waals surface area contributed by atoms with Gasteiger partial charge in [0.25, 0.3) is 15.9 Å². The number of hydrogen-bond acceptors (Lipinski definition) is 4. The second-order valence-electron chi connectivity index (χ2n) is 7.84. The number of nitrogens with one attached hydrogen (secondary N) is 2. The van der Waals surface area contributed by atoms with E-state index in [9.17, 15) is 13.2 Å². The number of carbonyl (C=O) groups excluding carboxylic acids is 1. The van der Waals surface area contributed by atoms with Crippen molar-refractivity contribution in [2.24, 2.45) is 0 Å². The van der Waals surface area contributed by atoms with Gasteiger partial charge in [0.15, 0.2) is 0 Å². The summed E-state index contributed by atoms with van der Waals surface area (Å²) in [6.45, 7) is 4.21. The lowest BCUT2D eigenvalue weighted by Crippen LogP contribution is -2.27. The summed E-state index contributed by atoms with van der Waals surface area (Å²) in [5, 5.41) is 3.63. The van der Waals surface area contributed by atoms with E-state index in [1.54, 1.807) is 37.3 Å². The summed E-state index contributed by atoms with van der Waals surface area (Å²) < 4.78 is 28.4. The largest absolute Gasteiger partial charge is 0.351 e. The fraction of sp³-hybridized carbons (Fsp3) is 0.435. The Morgan fingerprint density at radius 3 is 2.57 bits per heavy atom. The van der Waals surface area contributed by atoms with Crippen LogP contribution >= 0.6 is 11.8 Å². The Bertz CT molecular complexity index is 984. The van der Waals surface area contributed by atoms with Crippen LogP contribution in [0.25, 0.3) is 0 Å². The molecule has 0 saturated heterocycles. The van der Waals surface area contributed by atoms with Crippen molar-refractivity contribution in [1.29, 1.82) is 0 Å². The van der Waals surface area contributed by atoms with E-state index in [1.165, 1.54) is 38.2 Å². The molecule has 2 aromatic rings. The maximum atomic E-state index is 12.9. The summed E-state index contributed by atoms with van der Waals surface area (Å²) in [7, 11) is -3.79. The minimum absolute atomic E-state index is 0.119. The first kappa shape index (κ1) is 22.7. The molecule has 1 fully saturated rings. The number of thioether (sulfide) groups is 1. The van der Waals surface area contributed by atoms with Crippen LogP contribution in [0.5, 0.6) is 0 Å². The second-order valence-corrected chi connectivity index (χ2v) is 10.9. The van der Waals surface area contributed by atoms with E-state index >= 15 is 0 Å². The summed E-state index contributed by atoms with van der Waals surface area (Å²) in [5.41, 5.74) is 2.42. The third-order valence-corrected chi connectivity index (χ3v) is 8.21. The summed E-state index contributed by atoms with van der Waals surface area (Å²) in [5.74, 6) is 0.633. The Morgan fingerprint density at radius 1 is 1.07 bits per heavy atom. The number of sulfonamides is 1. The monoisotopic (exact) mass is 446 g/mol. The molecule has 0 bridgehead atoms. The molecule has 0 aromatic heterocycles. The number of anilines is 1. The molecule has 2 aromatic carbocycles. The van der Waals surface area contributed by atoms with Crippen molar-refractivity contribution < 1.29 is 13.2 Å². The fourth-order valence-corrected chi connectivity index (χ4v) is 6.21. The molecular weight excluding hydrogens is 416 g/mol. The predicted octanol–water partition coefficient (Wildman–Crippen LogP) is 4.90. The van der Waals surface area contributed by atoms with E-state index < -0.39 is 10.0 Å². The highest BCUT2D eigenvalue weighted by molar-refractivity contribution is 7.99. The lowest BCUT2D eigenvalue weighted by atomic mass is 10.0. The van der Waals surface area contributed by atoms with E-state index in [4.69, 9.17) is 0 Å². The molecule has 1 saturated carbocycles. The molecule has 2 N–H and O–H groups in total. The topological polar surface area (TPSA) is 75.3 Å². The molecule has 0 aliphatic heterocycles. The molecule has 1 amide bonds. The zero-order chi connectivity index (χ0) is 21.6. The van der Waals surface area contributed by atoms with Crippen LogP contribution < -0.4 is 10.0 Å². The molecule has 162 valence electrons. The normalized spacial score (nSPS) is 15.0. The number of amides is 1. The van der Waals surface area contributed by atoms with Gasteiger partial charge in [-0.3, -0.25) is 9.52 Å². The highest BCUT2D eigenvalue weighted by Crippen LogP contribution is 2.27. The molecule has 3 rings (SSSR count). The van der Waals surface area contributed by atoms with Gasteiger partial charge in [0.05, 0.1) is 4.90 Å². The Kier molecular flexibility index (Phi) is 7.83.